The summed E-state index contributed by atoms with van der Waals surface area (Å²) in [5.41, 5.74) is 3.05. The van der Waals surface area contributed by atoms with Crippen LogP contribution in [0.3, 0.4) is 0 Å². The topological polar surface area (TPSA) is 114 Å². The molecule has 0 aromatic heterocycles. The molecule has 1 saturated heterocycles. The number of nitrogens with one attached hydrogen (secondary N) is 1. The van der Waals surface area contributed by atoms with E-state index in [0.29, 0.717) is 22.9 Å². The zero-order valence-electron chi connectivity index (χ0n) is 19.7. The molecule has 1 unspecified atom stereocenters. The summed E-state index contributed by atoms with van der Waals surface area (Å²) in [5.74, 6) is -1.45. The Bertz CT molecular complexity index is 1100. The van der Waals surface area contributed by atoms with Gasteiger partial charge in [-0.15, -0.1) is 0 Å². The first kappa shape index (κ1) is 24.6. The number of amides is 4. The number of hydrogen-bond acceptors (Lipinski definition) is 7. The van der Waals surface area contributed by atoms with Gasteiger partial charge in [0.1, 0.15) is 11.8 Å². The van der Waals surface area contributed by atoms with Crippen LogP contribution in [-0.4, -0.2) is 56.0 Å². The molecule has 34 heavy (non-hydrogen) atoms. The van der Waals surface area contributed by atoms with Gasteiger partial charge in [-0.3, -0.25) is 24.6 Å². The molecule has 3 rings (SSSR count). The van der Waals surface area contributed by atoms with Crippen LogP contribution in [0.1, 0.15) is 30.6 Å². The summed E-state index contributed by atoms with van der Waals surface area (Å²) < 4.78 is 15.5. The number of imide groups is 1. The summed E-state index contributed by atoms with van der Waals surface area (Å²) >= 11 is 0. The molecule has 1 aliphatic heterocycles. The van der Waals surface area contributed by atoms with Crippen molar-refractivity contribution in [1.29, 1.82) is 0 Å². The van der Waals surface area contributed by atoms with Crippen LogP contribution in [0, 0.1) is 5.92 Å². The van der Waals surface area contributed by atoms with E-state index in [2.05, 4.69) is 5.43 Å². The Morgan fingerprint density at radius 3 is 2.18 bits per heavy atom. The van der Waals surface area contributed by atoms with E-state index in [9.17, 15) is 19.2 Å². The van der Waals surface area contributed by atoms with Crippen molar-refractivity contribution in [1.82, 2.24) is 10.4 Å². The van der Waals surface area contributed by atoms with Crippen LogP contribution in [0.4, 0.5) is 5.69 Å². The number of ether oxygens (including phenoxy) is 3. The van der Waals surface area contributed by atoms with Crippen molar-refractivity contribution in [2.45, 2.75) is 26.3 Å². The molecule has 2 aromatic rings. The predicted octanol–water partition coefficient (Wildman–Crippen LogP) is 2.17. The van der Waals surface area contributed by atoms with Gasteiger partial charge in [0.05, 0.1) is 33.4 Å². The van der Waals surface area contributed by atoms with Gasteiger partial charge in [0, 0.05) is 11.5 Å². The Morgan fingerprint density at radius 2 is 1.62 bits per heavy atom. The highest BCUT2D eigenvalue weighted by Gasteiger charge is 2.45. The molecule has 1 atom stereocenters. The number of hydrazine groups is 1. The number of anilines is 1. The number of methoxy groups -OCH3 is 3. The fourth-order valence-corrected chi connectivity index (χ4v) is 3.54. The van der Waals surface area contributed by atoms with Gasteiger partial charge in [-0.25, -0.2) is 9.91 Å². The smallest absolute Gasteiger partial charge is 0.270 e. The van der Waals surface area contributed by atoms with Crippen LogP contribution in [0.5, 0.6) is 17.2 Å². The molecule has 0 radical (unpaired) electrons. The van der Waals surface area contributed by atoms with Crippen molar-refractivity contribution in [2.75, 3.05) is 26.2 Å². The van der Waals surface area contributed by atoms with Crippen molar-refractivity contribution in [3.63, 3.8) is 0 Å². The fourth-order valence-electron chi connectivity index (χ4n) is 3.54. The fraction of sp³-hybridized carbons (Fsp3) is 0.333. The molecular formula is C24H27N3O7. The van der Waals surface area contributed by atoms with Crippen molar-refractivity contribution in [2.24, 2.45) is 5.92 Å². The maximum Gasteiger partial charge on any atom is 0.270 e. The maximum absolute atomic E-state index is 13.2. The van der Waals surface area contributed by atoms with E-state index in [0.717, 1.165) is 9.91 Å². The second-order valence-corrected chi connectivity index (χ2v) is 7.86. The SMILES string of the molecule is COc1ccc(N2C(=O)CC(N(NC(=O)c3ccc(OC)c(OC)c3)C(=O)C(C)C)C2=O)cc1. The van der Waals surface area contributed by atoms with Crippen molar-refractivity contribution in [3.8, 4) is 17.2 Å². The Hall–Kier alpha value is -4.08. The first-order chi connectivity index (χ1) is 16.2. The monoisotopic (exact) mass is 469 g/mol. The molecule has 0 saturated carbocycles. The molecule has 10 heteroatoms. The highest BCUT2D eigenvalue weighted by molar-refractivity contribution is 6.23. The van der Waals surface area contributed by atoms with Crippen LogP contribution in [-0.2, 0) is 14.4 Å². The summed E-state index contributed by atoms with van der Waals surface area (Å²) in [6.45, 7) is 3.28. The average molecular weight is 469 g/mol. The molecule has 180 valence electrons. The molecule has 2 aromatic carbocycles. The molecule has 0 aliphatic carbocycles. The Morgan fingerprint density at radius 1 is 0.971 bits per heavy atom. The third kappa shape index (κ3) is 4.80. The number of carbonyl (C=O) groups excluding carboxylic acids is 4. The summed E-state index contributed by atoms with van der Waals surface area (Å²) in [7, 11) is 4.41. The van der Waals surface area contributed by atoms with E-state index in [-0.39, 0.29) is 12.0 Å². The lowest BCUT2D eigenvalue weighted by molar-refractivity contribution is -0.143. The lowest BCUT2D eigenvalue weighted by Gasteiger charge is -2.29. The number of rotatable bonds is 7. The van der Waals surface area contributed by atoms with E-state index in [1.807, 2.05) is 0 Å². The number of carbonyl (C=O) groups is 4. The first-order valence-corrected chi connectivity index (χ1v) is 10.6. The van der Waals surface area contributed by atoms with Crippen molar-refractivity contribution >= 4 is 29.3 Å². The van der Waals surface area contributed by atoms with Crippen LogP contribution in [0.25, 0.3) is 0 Å². The lowest BCUT2D eigenvalue weighted by Crippen LogP contribution is -2.55. The van der Waals surface area contributed by atoms with Gasteiger partial charge in [-0.05, 0) is 42.5 Å². The highest BCUT2D eigenvalue weighted by Crippen LogP contribution is 2.29. The predicted molar refractivity (Wildman–Crippen MR) is 123 cm³/mol. The highest BCUT2D eigenvalue weighted by atomic mass is 16.5. The van der Waals surface area contributed by atoms with Gasteiger partial charge in [0.25, 0.3) is 11.8 Å². The number of hydrogen-bond donors (Lipinski definition) is 1. The van der Waals surface area contributed by atoms with E-state index in [1.165, 1.54) is 33.5 Å². The molecule has 0 spiro atoms. The van der Waals surface area contributed by atoms with E-state index >= 15 is 0 Å². The van der Waals surface area contributed by atoms with Crippen molar-refractivity contribution < 1.29 is 33.4 Å². The van der Waals surface area contributed by atoms with Gasteiger partial charge in [0.15, 0.2) is 11.5 Å². The molecule has 10 nitrogen and oxygen atoms in total. The summed E-state index contributed by atoms with van der Waals surface area (Å²) in [6.07, 6.45) is -0.268. The van der Waals surface area contributed by atoms with Gasteiger partial charge < -0.3 is 14.2 Å². The second-order valence-electron chi connectivity index (χ2n) is 7.86. The third-order valence-corrected chi connectivity index (χ3v) is 5.36. The van der Waals surface area contributed by atoms with Crippen LogP contribution < -0.4 is 24.5 Å². The average Bonchev–Trinajstić information content (AvgIpc) is 3.14. The lowest BCUT2D eigenvalue weighted by atomic mass is 10.1. The zero-order valence-corrected chi connectivity index (χ0v) is 19.7. The van der Waals surface area contributed by atoms with E-state index < -0.39 is 35.6 Å². The Labute approximate surface area is 197 Å². The van der Waals surface area contributed by atoms with Crippen LogP contribution in [0.15, 0.2) is 42.5 Å². The standard InChI is InChI=1S/C24H27N3O7/c1-14(2)23(30)27(25-22(29)15-6-11-19(33-4)20(12-15)34-5)18-13-21(28)26(24(18)31)16-7-9-17(32-3)10-8-16/h6-12,14,18H,13H2,1-5H3,(H,25,29). The van der Waals surface area contributed by atoms with E-state index in [4.69, 9.17) is 14.2 Å². The second kappa shape index (κ2) is 10.2. The molecule has 4 amide bonds. The normalized spacial score (nSPS) is 15.4. The minimum atomic E-state index is -1.19. The van der Waals surface area contributed by atoms with Gasteiger partial charge in [-0.2, -0.15) is 0 Å². The molecule has 1 heterocycles. The largest absolute Gasteiger partial charge is 0.497 e. The van der Waals surface area contributed by atoms with Crippen LogP contribution >= 0.6 is 0 Å². The van der Waals surface area contributed by atoms with Crippen LogP contribution in [0.2, 0.25) is 0 Å². The van der Waals surface area contributed by atoms with Gasteiger partial charge in [0.2, 0.25) is 11.8 Å². The molecule has 1 fully saturated rings. The zero-order chi connectivity index (χ0) is 25.0. The maximum atomic E-state index is 13.2. The number of benzene rings is 2. The third-order valence-electron chi connectivity index (χ3n) is 5.36. The molecule has 1 N–H and O–H groups in total. The van der Waals surface area contributed by atoms with E-state index in [1.54, 1.807) is 44.2 Å². The molecule has 0 bridgehead atoms. The quantitative estimate of drug-likeness (QED) is 0.488. The molecule has 1 aliphatic rings. The molecular weight excluding hydrogens is 442 g/mol. The number of nitrogens with zero attached hydrogens (tertiary/aromatic N) is 2. The van der Waals surface area contributed by atoms with Gasteiger partial charge in [-0.1, -0.05) is 13.8 Å². The summed E-state index contributed by atoms with van der Waals surface area (Å²) in [6, 6.07) is 9.73. The minimum absolute atomic E-state index is 0.183. The minimum Gasteiger partial charge on any atom is -0.497 e. The first-order valence-electron chi connectivity index (χ1n) is 10.6. The summed E-state index contributed by atoms with van der Waals surface area (Å²) in [4.78, 5) is 52.9. The Kier molecular flexibility index (Phi) is 7.40. The Balaban J connectivity index is 1.89. The van der Waals surface area contributed by atoms with Crippen molar-refractivity contribution in [3.05, 3.63) is 48.0 Å². The van der Waals surface area contributed by atoms with Gasteiger partial charge >= 0.3 is 0 Å². The summed E-state index contributed by atoms with van der Waals surface area (Å²) in [5, 5.41) is 0.952.